The fourth-order valence-electron chi connectivity index (χ4n) is 3.67. The van der Waals surface area contributed by atoms with E-state index in [1.807, 2.05) is 0 Å². The van der Waals surface area contributed by atoms with Gasteiger partial charge in [0.15, 0.2) is 0 Å². The van der Waals surface area contributed by atoms with Gasteiger partial charge < -0.3 is 4.90 Å². The minimum absolute atomic E-state index is 0.527. The second-order valence-corrected chi connectivity index (χ2v) is 7.01. The van der Waals surface area contributed by atoms with Crippen LogP contribution < -0.4 is 0 Å². The first-order chi connectivity index (χ1) is 8.78. The molecule has 0 heterocycles. The third-order valence-corrected chi connectivity index (χ3v) is 5.92. The maximum Gasteiger partial charge on any atom is 0.00458 e. The van der Waals surface area contributed by atoms with E-state index in [0.29, 0.717) is 5.41 Å². The molecule has 106 valence electrons. The summed E-state index contributed by atoms with van der Waals surface area (Å²) in [5, 5.41) is 0. The predicted octanol–water partition coefficient (Wildman–Crippen LogP) is 4.38. The summed E-state index contributed by atoms with van der Waals surface area (Å²) in [4.78, 5) is 2.73. The molecule has 2 saturated carbocycles. The lowest BCUT2D eigenvalue weighted by atomic mass is 9.80. The SMILES string of the molecule is CCN(CC1CCC1)CC1(CS)CCCCCC1. The zero-order valence-corrected chi connectivity index (χ0v) is 13.1. The summed E-state index contributed by atoms with van der Waals surface area (Å²) in [5.74, 6) is 2.10. The molecule has 0 spiro atoms. The molecule has 0 N–H and O–H groups in total. The Hall–Kier alpha value is 0.310. The Kier molecular flexibility index (Phi) is 5.88. The van der Waals surface area contributed by atoms with Crippen molar-refractivity contribution in [2.45, 2.75) is 64.7 Å². The van der Waals surface area contributed by atoms with E-state index in [4.69, 9.17) is 12.6 Å². The van der Waals surface area contributed by atoms with Gasteiger partial charge in [-0.1, -0.05) is 39.0 Å². The second kappa shape index (κ2) is 7.19. The van der Waals surface area contributed by atoms with Crippen LogP contribution in [-0.2, 0) is 0 Å². The van der Waals surface area contributed by atoms with E-state index < -0.39 is 0 Å². The molecular weight excluding hydrogens is 238 g/mol. The van der Waals surface area contributed by atoms with E-state index >= 15 is 0 Å². The van der Waals surface area contributed by atoms with Crippen molar-refractivity contribution >= 4 is 12.6 Å². The Morgan fingerprint density at radius 2 is 1.72 bits per heavy atom. The van der Waals surface area contributed by atoms with Crippen molar-refractivity contribution in [3.63, 3.8) is 0 Å². The minimum Gasteiger partial charge on any atom is -0.303 e. The van der Waals surface area contributed by atoms with Crippen LogP contribution in [0.25, 0.3) is 0 Å². The van der Waals surface area contributed by atoms with Crippen LogP contribution in [0.2, 0.25) is 0 Å². The summed E-state index contributed by atoms with van der Waals surface area (Å²) in [5.41, 5.74) is 0.527. The van der Waals surface area contributed by atoms with Gasteiger partial charge in [0.1, 0.15) is 0 Å². The van der Waals surface area contributed by atoms with Crippen molar-refractivity contribution in [3.05, 3.63) is 0 Å². The molecule has 0 aromatic heterocycles. The van der Waals surface area contributed by atoms with Gasteiger partial charge in [-0.05, 0) is 49.3 Å². The number of nitrogens with zero attached hydrogens (tertiary/aromatic N) is 1. The van der Waals surface area contributed by atoms with Gasteiger partial charge in [-0.15, -0.1) is 0 Å². The largest absolute Gasteiger partial charge is 0.303 e. The maximum absolute atomic E-state index is 4.71. The Bertz CT molecular complexity index is 229. The third kappa shape index (κ3) is 3.90. The van der Waals surface area contributed by atoms with Crippen molar-refractivity contribution in [1.29, 1.82) is 0 Å². The van der Waals surface area contributed by atoms with Crippen LogP contribution in [0.1, 0.15) is 64.7 Å². The zero-order valence-electron chi connectivity index (χ0n) is 12.2. The highest BCUT2D eigenvalue weighted by Gasteiger charge is 2.32. The minimum atomic E-state index is 0.527. The van der Waals surface area contributed by atoms with Crippen LogP contribution in [-0.4, -0.2) is 30.3 Å². The maximum atomic E-state index is 4.71. The molecular formula is C16H31NS. The van der Waals surface area contributed by atoms with E-state index in [1.54, 1.807) is 0 Å². The van der Waals surface area contributed by atoms with E-state index in [-0.39, 0.29) is 0 Å². The quantitative estimate of drug-likeness (QED) is 0.553. The predicted molar refractivity (Wildman–Crippen MR) is 83.4 cm³/mol. The summed E-state index contributed by atoms with van der Waals surface area (Å²) >= 11 is 4.71. The fraction of sp³-hybridized carbons (Fsp3) is 1.00. The molecule has 0 aliphatic heterocycles. The topological polar surface area (TPSA) is 3.24 Å². The van der Waals surface area contributed by atoms with Crippen molar-refractivity contribution in [1.82, 2.24) is 4.90 Å². The molecule has 0 atom stereocenters. The fourth-order valence-corrected chi connectivity index (χ4v) is 4.08. The lowest BCUT2D eigenvalue weighted by molar-refractivity contribution is 0.117. The van der Waals surface area contributed by atoms with Crippen molar-refractivity contribution < 1.29 is 0 Å². The number of hydrogen-bond donors (Lipinski definition) is 1. The molecule has 0 aromatic rings. The molecule has 2 aliphatic carbocycles. The Morgan fingerprint density at radius 1 is 1.06 bits per heavy atom. The molecule has 0 unspecified atom stereocenters. The molecule has 0 radical (unpaired) electrons. The van der Waals surface area contributed by atoms with Crippen LogP contribution in [0.15, 0.2) is 0 Å². The molecule has 0 aromatic carbocycles. The summed E-state index contributed by atoms with van der Waals surface area (Å²) in [6.07, 6.45) is 13.0. The van der Waals surface area contributed by atoms with Gasteiger partial charge in [0, 0.05) is 13.1 Å². The Morgan fingerprint density at radius 3 is 2.17 bits per heavy atom. The Labute approximate surface area is 119 Å². The van der Waals surface area contributed by atoms with Crippen LogP contribution in [0.4, 0.5) is 0 Å². The molecule has 2 aliphatic rings. The first kappa shape index (κ1) is 14.7. The van der Waals surface area contributed by atoms with Gasteiger partial charge in [0.2, 0.25) is 0 Å². The lowest BCUT2D eigenvalue weighted by Gasteiger charge is -2.39. The number of hydrogen-bond acceptors (Lipinski definition) is 2. The van der Waals surface area contributed by atoms with Crippen molar-refractivity contribution in [3.8, 4) is 0 Å². The first-order valence-corrected chi connectivity index (χ1v) is 8.74. The number of thiol groups is 1. The first-order valence-electron chi connectivity index (χ1n) is 8.11. The van der Waals surface area contributed by atoms with Crippen LogP contribution in [0.3, 0.4) is 0 Å². The normalized spacial score (nSPS) is 24.8. The molecule has 18 heavy (non-hydrogen) atoms. The molecule has 0 saturated heterocycles. The van der Waals surface area contributed by atoms with Gasteiger partial charge >= 0.3 is 0 Å². The summed E-state index contributed by atoms with van der Waals surface area (Å²) in [6.45, 7) is 6.23. The molecule has 1 nitrogen and oxygen atoms in total. The highest BCUT2D eigenvalue weighted by atomic mass is 32.1. The standard InChI is InChI=1S/C16H31NS/c1-2-17(12-15-8-7-9-15)13-16(14-18)10-5-3-4-6-11-16/h15,18H,2-14H2,1H3. The van der Waals surface area contributed by atoms with E-state index in [0.717, 1.165) is 11.7 Å². The van der Waals surface area contributed by atoms with Crippen molar-refractivity contribution in [2.24, 2.45) is 11.3 Å². The van der Waals surface area contributed by atoms with Gasteiger partial charge in [-0.2, -0.15) is 12.6 Å². The van der Waals surface area contributed by atoms with Crippen LogP contribution >= 0.6 is 12.6 Å². The molecule has 2 fully saturated rings. The van der Waals surface area contributed by atoms with Crippen molar-refractivity contribution in [2.75, 3.05) is 25.4 Å². The molecule has 2 heteroatoms. The molecule has 0 amide bonds. The average Bonchev–Trinajstić information content (AvgIpc) is 2.58. The average molecular weight is 269 g/mol. The van der Waals surface area contributed by atoms with Crippen LogP contribution in [0.5, 0.6) is 0 Å². The molecule has 0 bridgehead atoms. The second-order valence-electron chi connectivity index (χ2n) is 6.70. The van der Waals surface area contributed by atoms with Gasteiger partial charge in [-0.25, -0.2) is 0 Å². The van der Waals surface area contributed by atoms with Gasteiger partial charge in [0.25, 0.3) is 0 Å². The van der Waals surface area contributed by atoms with E-state index in [9.17, 15) is 0 Å². The lowest BCUT2D eigenvalue weighted by Crippen LogP contribution is -2.42. The Balaban J connectivity index is 1.88. The van der Waals surface area contributed by atoms with Crippen LogP contribution in [0, 0.1) is 11.3 Å². The monoisotopic (exact) mass is 269 g/mol. The third-order valence-electron chi connectivity index (χ3n) is 5.25. The highest BCUT2D eigenvalue weighted by molar-refractivity contribution is 7.80. The van der Waals surface area contributed by atoms with Gasteiger partial charge in [-0.3, -0.25) is 0 Å². The van der Waals surface area contributed by atoms with E-state index in [2.05, 4.69) is 11.8 Å². The number of rotatable bonds is 6. The zero-order chi connectivity index (χ0) is 12.8. The summed E-state index contributed by atoms with van der Waals surface area (Å²) < 4.78 is 0. The summed E-state index contributed by atoms with van der Waals surface area (Å²) in [6, 6.07) is 0. The van der Waals surface area contributed by atoms with Gasteiger partial charge in [0.05, 0.1) is 0 Å². The summed E-state index contributed by atoms with van der Waals surface area (Å²) in [7, 11) is 0. The smallest absolute Gasteiger partial charge is 0.00458 e. The highest BCUT2D eigenvalue weighted by Crippen LogP contribution is 2.37. The molecule has 2 rings (SSSR count). The van der Waals surface area contributed by atoms with E-state index in [1.165, 1.54) is 77.4 Å².